The van der Waals surface area contributed by atoms with E-state index in [1.807, 2.05) is 126 Å². The van der Waals surface area contributed by atoms with Crippen LogP contribution in [0.25, 0.3) is 11.1 Å². The minimum absolute atomic E-state index is 0.121. The van der Waals surface area contributed by atoms with Crippen LogP contribution in [0.2, 0.25) is 50.4 Å². The maximum Gasteiger partial charge on any atom is 0.303 e. The molecule has 0 fully saturated rings. The fourth-order valence-electron chi connectivity index (χ4n) is 9.12. The zero-order valence-corrected chi connectivity index (χ0v) is 81.7. The number of esters is 5. The van der Waals surface area contributed by atoms with Gasteiger partial charge in [-0.1, -0.05) is 392 Å². The number of carbonyl (C=O) groups excluding carboxylic acids is 6. The van der Waals surface area contributed by atoms with E-state index in [1.54, 1.807) is 0 Å². The van der Waals surface area contributed by atoms with E-state index in [4.69, 9.17) is 24.1 Å². The number of rotatable bonds is 17. The highest BCUT2D eigenvalue weighted by Gasteiger charge is 2.32. The van der Waals surface area contributed by atoms with E-state index in [2.05, 4.69) is 287 Å². The van der Waals surface area contributed by atoms with Gasteiger partial charge in [-0.3, -0.25) is 24.0 Å². The average molecular weight is 1670 g/mol. The maximum absolute atomic E-state index is 11.0. The molecule has 14 heteroatoms. The molecule has 0 amide bonds. The molecule has 8 aromatic rings. The number of hydrogen-bond acceptors (Lipinski definition) is 12. The Hall–Kier alpha value is -9.35. The van der Waals surface area contributed by atoms with Crippen molar-refractivity contribution in [1.29, 1.82) is 0 Å². The van der Waals surface area contributed by atoms with Crippen LogP contribution < -0.4 is 0 Å². The minimum Gasteiger partial charge on any atom is -0.466 e. The predicted octanol–water partition coefficient (Wildman–Crippen LogP) is 28.3. The third-order valence-electron chi connectivity index (χ3n) is 16.4. The number of allylic oxidation sites excluding steroid dienone is 1. The van der Waals surface area contributed by atoms with Crippen LogP contribution in [0.15, 0.2) is 250 Å². The Labute approximate surface area is 726 Å². The SMILES string of the molecule is C=CCCC.C=CCOC(C)=O.CC.CC(=O)OC(C)(C)C.CC(=O)OCC1c2ccccc2-c2ccccc21.CC(=O)OCC[Si](C)(C)C.CC(=O)OCc1ccccc1.CC(C)(C)C.CC(C)(C)[Si](C)(C)C.CC(C)=O.CC(c1ccccc1)(c1ccccc1)c1ccccc1.CCC.CCc1ccc(CO)cc1.CCc1ccccc1. The molecular weight excluding hydrogens is 1510 g/mol. The Kier molecular flexibility index (Phi) is 68.0. The molecule has 0 saturated heterocycles. The van der Waals surface area contributed by atoms with Gasteiger partial charge >= 0.3 is 29.8 Å². The molecule has 12 nitrogen and oxygen atoms in total. The van der Waals surface area contributed by atoms with Crippen molar-refractivity contribution in [2.75, 3.05) is 19.8 Å². The summed E-state index contributed by atoms with van der Waals surface area (Å²) in [6.07, 6.45) is 9.29. The molecular formula is C105H160O12Si2. The van der Waals surface area contributed by atoms with Crippen molar-refractivity contribution in [1.82, 2.24) is 0 Å². The second kappa shape index (κ2) is 68.4. The molecule has 0 unspecified atom stereocenters. The summed E-state index contributed by atoms with van der Waals surface area (Å²) in [5.41, 5.74) is 13.7. The highest BCUT2D eigenvalue weighted by molar-refractivity contribution is 6.78. The number of unbranched alkanes of at least 4 members (excludes halogenated alkanes) is 1. The van der Waals surface area contributed by atoms with Crippen molar-refractivity contribution in [3.63, 3.8) is 0 Å². The molecule has 0 atom stereocenters. The summed E-state index contributed by atoms with van der Waals surface area (Å²) in [6.45, 7) is 71.1. The summed E-state index contributed by atoms with van der Waals surface area (Å²) in [7, 11) is -1.86. The van der Waals surface area contributed by atoms with Crippen LogP contribution in [0.3, 0.4) is 0 Å². The number of carbonyl (C=O) groups is 6. The zero-order chi connectivity index (χ0) is 92.3. The molecule has 0 heterocycles. The monoisotopic (exact) mass is 1670 g/mol. The number of ketones is 1. The number of ether oxygens (including phenoxy) is 5. The quantitative estimate of drug-likeness (QED) is 0.0301. The Morgan fingerprint density at radius 3 is 0.950 bits per heavy atom. The van der Waals surface area contributed by atoms with Gasteiger partial charge in [0.25, 0.3) is 0 Å². The highest BCUT2D eigenvalue weighted by atomic mass is 28.3. The molecule has 0 aromatic heterocycles. The van der Waals surface area contributed by atoms with Crippen LogP contribution in [0, 0.1) is 5.41 Å². The van der Waals surface area contributed by atoms with Gasteiger partial charge in [0.2, 0.25) is 0 Å². The van der Waals surface area contributed by atoms with Crippen LogP contribution in [0.5, 0.6) is 0 Å². The first kappa shape index (κ1) is 118. The fraction of sp³-hybridized carbons (Fsp3) is 0.448. The van der Waals surface area contributed by atoms with Crippen LogP contribution in [0.1, 0.15) is 248 Å². The summed E-state index contributed by atoms with van der Waals surface area (Å²) in [6, 6.07) is 77.9. The second-order valence-electron chi connectivity index (χ2n) is 33.8. The first-order valence-corrected chi connectivity index (χ1v) is 49.3. The van der Waals surface area contributed by atoms with Gasteiger partial charge in [-0.25, -0.2) is 0 Å². The Bertz CT molecular complexity index is 3690. The zero-order valence-electron chi connectivity index (χ0n) is 79.7. The molecule has 119 heavy (non-hydrogen) atoms. The van der Waals surface area contributed by atoms with Gasteiger partial charge in [-0.15, -0.1) is 6.58 Å². The molecule has 0 bridgehead atoms. The first-order valence-electron chi connectivity index (χ1n) is 42.1. The number of aliphatic hydroxyl groups is 1. The van der Waals surface area contributed by atoms with E-state index in [9.17, 15) is 28.8 Å². The molecule has 1 aliphatic carbocycles. The Morgan fingerprint density at radius 1 is 0.412 bits per heavy atom. The molecule has 0 saturated carbocycles. The third kappa shape index (κ3) is 67.2. The lowest BCUT2D eigenvalue weighted by Gasteiger charge is -2.32. The van der Waals surface area contributed by atoms with Gasteiger partial charge in [0.05, 0.1) is 13.2 Å². The molecule has 1 N–H and O–H groups in total. The van der Waals surface area contributed by atoms with Gasteiger partial charge in [-0.05, 0) is 139 Å². The second-order valence-corrected chi connectivity index (χ2v) is 45.4. The van der Waals surface area contributed by atoms with E-state index in [0.29, 0.717) is 36.9 Å². The number of Topliss-reactive ketones (excluding diaryl/α,β-unsaturated/α-hetero) is 1. The summed E-state index contributed by atoms with van der Waals surface area (Å²) < 4.78 is 24.0. The Balaban J connectivity index is -0.000000407. The number of fused-ring (bicyclic) bond motifs is 3. The van der Waals surface area contributed by atoms with Gasteiger partial charge in [0.15, 0.2) is 0 Å². The van der Waals surface area contributed by atoms with Gasteiger partial charge in [0, 0.05) is 62.1 Å². The van der Waals surface area contributed by atoms with Gasteiger partial charge in [0.1, 0.15) is 31.2 Å². The lowest BCUT2D eigenvalue weighted by Crippen LogP contribution is -2.32. The van der Waals surface area contributed by atoms with E-state index in [1.165, 1.54) is 117 Å². The third-order valence-corrected chi connectivity index (χ3v) is 22.6. The fourth-order valence-corrected chi connectivity index (χ4v) is 9.83. The number of hydrogen-bond donors (Lipinski definition) is 1. The summed E-state index contributed by atoms with van der Waals surface area (Å²) in [5, 5.41) is 9.28. The Morgan fingerprint density at radius 2 is 0.714 bits per heavy atom. The van der Waals surface area contributed by atoms with Crippen molar-refractivity contribution in [2.45, 2.75) is 286 Å². The number of aryl methyl sites for hydroxylation is 2. The normalized spacial score (nSPS) is 10.5. The molecule has 0 spiro atoms. The summed E-state index contributed by atoms with van der Waals surface area (Å²) in [5.74, 6) is -0.789. The molecule has 1 aliphatic rings. The standard InChI is InChI=1S/C20H18.C16H14O2.C9H10O2.C9H12O.C8H10.C7H16O2Si.C7H18Si.C6H12O2.C5H8O2.C5H12.C5H10.C3H6O.C3H8.C2H6/c1-20(17-11-5-2-6-12-17,18-13-7-3-8-14-18)19-15-9-4-10-16-19;1-11(17)18-10-16-14-8-4-2-6-12(14)13-7-3-5-9-15(13)16;1-8(10)11-7-9-5-3-2-4-6-9;1-2-8-3-5-9(7-10)6-4-8;1-2-8-6-4-3-5-7-8;1-7(8)9-5-6-10(2,3)4;1-7(2,3)8(4,5)6;1-5(7)8-6(2,3)4;1-3-4-7-5(2)6;1-5(2,3)4;1-3-5-4-2;1-3(2)4;1-3-2;1-2/h2-16H,1H3;2-9,16H,10H2,1H3;2-6H,7H2,1H3;3-6,10H,2,7H2,1H3;3-7H,2H2,1H3;5-6H2,1-4H3;1-6H3;1-4H3;3H,1,4H2,2H3;1-4H3;3H,1,4-5H2,2H3;1-2H3;3H2,1-2H3;1-2H3. The van der Waals surface area contributed by atoms with Crippen molar-refractivity contribution in [3.8, 4) is 11.1 Å². The molecule has 9 rings (SSSR count). The smallest absolute Gasteiger partial charge is 0.303 e. The topological polar surface area (TPSA) is 169 Å². The van der Waals surface area contributed by atoms with E-state index >= 15 is 0 Å². The summed E-state index contributed by atoms with van der Waals surface area (Å²) >= 11 is 0. The highest BCUT2D eigenvalue weighted by Crippen LogP contribution is 2.45. The van der Waals surface area contributed by atoms with Crippen molar-refractivity contribution in [3.05, 3.63) is 300 Å². The number of benzene rings is 8. The predicted molar refractivity (Wildman–Crippen MR) is 515 cm³/mol. The van der Waals surface area contributed by atoms with Crippen LogP contribution >= 0.6 is 0 Å². The maximum atomic E-state index is 11.0. The van der Waals surface area contributed by atoms with Gasteiger partial charge < -0.3 is 33.6 Å². The number of aliphatic hydroxyl groups excluding tert-OH is 1. The van der Waals surface area contributed by atoms with Crippen molar-refractivity contribution >= 4 is 51.8 Å². The average Bonchev–Trinajstić information content (AvgIpc) is 1.74. The van der Waals surface area contributed by atoms with Gasteiger partial charge in [-0.2, -0.15) is 0 Å². The minimum atomic E-state index is -1.00. The van der Waals surface area contributed by atoms with E-state index in [0.717, 1.165) is 36.4 Å². The van der Waals surface area contributed by atoms with Crippen molar-refractivity contribution < 1.29 is 57.6 Å². The van der Waals surface area contributed by atoms with Crippen molar-refractivity contribution in [2.24, 2.45) is 5.41 Å². The van der Waals surface area contributed by atoms with E-state index < -0.39 is 16.1 Å². The van der Waals surface area contributed by atoms with Crippen LogP contribution in [0.4, 0.5) is 0 Å². The lowest BCUT2D eigenvalue weighted by atomic mass is 9.71. The largest absolute Gasteiger partial charge is 0.466 e. The summed E-state index contributed by atoms with van der Waals surface area (Å²) in [4.78, 5) is 61.3. The molecule has 8 aromatic carbocycles. The molecule has 0 aliphatic heterocycles. The van der Waals surface area contributed by atoms with Crippen LogP contribution in [-0.2, 0) is 83.9 Å². The van der Waals surface area contributed by atoms with E-state index in [-0.39, 0.29) is 59.2 Å². The van der Waals surface area contributed by atoms with Crippen LogP contribution in [-0.4, -0.2) is 82.3 Å². The first-order chi connectivity index (χ1) is 55.6. The lowest BCUT2D eigenvalue weighted by molar-refractivity contribution is -0.152. The molecule has 0 radical (unpaired) electrons. The molecule has 660 valence electrons.